The molecule has 0 saturated heterocycles. The number of sulfonamides is 1. The van der Waals surface area contributed by atoms with Crippen molar-refractivity contribution in [3.63, 3.8) is 0 Å². The molecule has 1 aliphatic heterocycles. The lowest BCUT2D eigenvalue weighted by atomic mass is 10.2. The highest BCUT2D eigenvalue weighted by Crippen LogP contribution is 2.34. The summed E-state index contributed by atoms with van der Waals surface area (Å²) in [7, 11) is -3.78. The number of anilines is 2. The smallest absolute Gasteiger partial charge is 0.265 e. The van der Waals surface area contributed by atoms with Gasteiger partial charge in [-0.15, -0.1) is 0 Å². The Hall–Kier alpha value is -3.11. The number of carbonyl (C=O) groups excluding carboxylic acids is 2. The standard InChI is InChI=1S/C21H25N3O6S/c1-4-29-16-7-5-15(6-8-16)22-20(25)12-24-18-11-17(31(27,28)23-14(2)3)9-10-19(18)30-13-21(24)26/h5-11,14,23H,4,12-13H2,1-3H3,(H,22,25). The second kappa shape index (κ2) is 9.36. The van der Waals surface area contributed by atoms with E-state index in [4.69, 9.17) is 9.47 Å². The first-order valence-corrected chi connectivity index (χ1v) is 11.3. The van der Waals surface area contributed by atoms with Crippen molar-refractivity contribution in [2.24, 2.45) is 0 Å². The molecule has 166 valence electrons. The second-order valence-corrected chi connectivity index (χ2v) is 8.89. The second-order valence-electron chi connectivity index (χ2n) is 7.18. The number of ether oxygens (including phenoxy) is 2. The van der Waals surface area contributed by atoms with E-state index in [9.17, 15) is 18.0 Å². The maximum absolute atomic E-state index is 12.6. The Kier molecular flexibility index (Phi) is 6.81. The number of carbonyl (C=O) groups is 2. The van der Waals surface area contributed by atoms with Gasteiger partial charge >= 0.3 is 0 Å². The molecule has 0 unspecified atom stereocenters. The van der Waals surface area contributed by atoms with E-state index in [1.54, 1.807) is 38.1 Å². The average Bonchev–Trinajstić information content (AvgIpc) is 2.70. The normalized spacial score (nSPS) is 13.5. The molecule has 0 aliphatic carbocycles. The van der Waals surface area contributed by atoms with Crippen LogP contribution in [0.4, 0.5) is 11.4 Å². The zero-order chi connectivity index (χ0) is 22.6. The molecular formula is C21H25N3O6S. The third-order valence-electron chi connectivity index (χ3n) is 4.33. The Bertz CT molecular complexity index is 1070. The van der Waals surface area contributed by atoms with Crippen LogP contribution in [0.2, 0.25) is 0 Å². The topological polar surface area (TPSA) is 114 Å². The van der Waals surface area contributed by atoms with Gasteiger partial charge in [0.15, 0.2) is 6.61 Å². The van der Waals surface area contributed by atoms with Crippen molar-refractivity contribution < 1.29 is 27.5 Å². The summed E-state index contributed by atoms with van der Waals surface area (Å²) in [5.41, 5.74) is 0.775. The Labute approximate surface area is 181 Å². The summed E-state index contributed by atoms with van der Waals surface area (Å²) in [6.45, 7) is 5.31. The highest BCUT2D eigenvalue weighted by molar-refractivity contribution is 7.89. The number of nitrogens with one attached hydrogen (secondary N) is 2. The summed E-state index contributed by atoms with van der Waals surface area (Å²) >= 11 is 0. The largest absolute Gasteiger partial charge is 0.494 e. The third-order valence-corrected chi connectivity index (χ3v) is 5.98. The predicted octanol–water partition coefficient (Wildman–Crippen LogP) is 2.14. The van der Waals surface area contributed by atoms with E-state index in [0.29, 0.717) is 23.8 Å². The van der Waals surface area contributed by atoms with Crippen LogP contribution in [0.3, 0.4) is 0 Å². The fraction of sp³-hybridized carbons (Fsp3) is 0.333. The van der Waals surface area contributed by atoms with Gasteiger partial charge in [0.25, 0.3) is 5.91 Å². The molecule has 0 bridgehead atoms. The number of rotatable bonds is 8. The van der Waals surface area contributed by atoms with Crippen LogP contribution in [0.5, 0.6) is 11.5 Å². The zero-order valence-electron chi connectivity index (χ0n) is 17.5. The van der Waals surface area contributed by atoms with Crippen LogP contribution in [-0.2, 0) is 19.6 Å². The van der Waals surface area contributed by atoms with Crippen molar-refractivity contribution >= 4 is 33.2 Å². The van der Waals surface area contributed by atoms with Gasteiger partial charge in [0.1, 0.15) is 18.0 Å². The minimum atomic E-state index is -3.78. The summed E-state index contributed by atoms with van der Waals surface area (Å²) < 4.78 is 38.3. The van der Waals surface area contributed by atoms with E-state index in [-0.39, 0.29) is 29.8 Å². The van der Waals surface area contributed by atoms with Gasteiger partial charge in [0.2, 0.25) is 15.9 Å². The van der Waals surface area contributed by atoms with Crippen LogP contribution in [0, 0.1) is 0 Å². The van der Waals surface area contributed by atoms with Crippen LogP contribution >= 0.6 is 0 Å². The quantitative estimate of drug-likeness (QED) is 0.641. The Morgan fingerprint density at radius 2 is 1.90 bits per heavy atom. The lowest BCUT2D eigenvalue weighted by Gasteiger charge is -2.29. The molecule has 31 heavy (non-hydrogen) atoms. The molecule has 0 fully saturated rings. The minimum Gasteiger partial charge on any atom is -0.494 e. The van der Waals surface area contributed by atoms with Crippen molar-refractivity contribution in [3.8, 4) is 11.5 Å². The van der Waals surface area contributed by atoms with Crippen molar-refractivity contribution in [1.29, 1.82) is 0 Å². The third kappa shape index (κ3) is 5.53. The lowest BCUT2D eigenvalue weighted by Crippen LogP contribution is -2.43. The summed E-state index contributed by atoms with van der Waals surface area (Å²) in [6.07, 6.45) is 0. The minimum absolute atomic E-state index is 0.0184. The first kappa shape index (κ1) is 22.6. The number of hydrogen-bond donors (Lipinski definition) is 2. The van der Waals surface area contributed by atoms with Gasteiger partial charge in [-0.25, -0.2) is 13.1 Å². The monoisotopic (exact) mass is 447 g/mol. The van der Waals surface area contributed by atoms with E-state index in [0.717, 1.165) is 0 Å². The molecule has 3 rings (SSSR count). The summed E-state index contributed by atoms with van der Waals surface area (Å²) in [5.74, 6) is 0.137. The summed E-state index contributed by atoms with van der Waals surface area (Å²) in [4.78, 5) is 26.2. The van der Waals surface area contributed by atoms with Gasteiger partial charge in [-0.2, -0.15) is 0 Å². The van der Waals surface area contributed by atoms with E-state index in [2.05, 4.69) is 10.0 Å². The highest BCUT2D eigenvalue weighted by atomic mass is 32.2. The fourth-order valence-electron chi connectivity index (χ4n) is 3.05. The molecule has 0 atom stereocenters. The Morgan fingerprint density at radius 3 is 2.55 bits per heavy atom. The number of fused-ring (bicyclic) bond motifs is 1. The maximum Gasteiger partial charge on any atom is 0.265 e. The van der Waals surface area contributed by atoms with Crippen LogP contribution in [0.15, 0.2) is 47.4 Å². The van der Waals surface area contributed by atoms with Crippen LogP contribution in [-0.4, -0.2) is 46.0 Å². The molecule has 2 aromatic carbocycles. The van der Waals surface area contributed by atoms with Crippen molar-refractivity contribution in [1.82, 2.24) is 4.72 Å². The maximum atomic E-state index is 12.6. The van der Waals surface area contributed by atoms with E-state index in [1.807, 2.05) is 6.92 Å². The SMILES string of the molecule is CCOc1ccc(NC(=O)CN2C(=O)COc3ccc(S(=O)(=O)NC(C)C)cc32)cc1. The number of amides is 2. The molecule has 0 radical (unpaired) electrons. The highest BCUT2D eigenvalue weighted by Gasteiger charge is 2.29. The molecule has 1 heterocycles. The zero-order valence-corrected chi connectivity index (χ0v) is 18.4. The fourth-order valence-corrected chi connectivity index (χ4v) is 4.32. The van der Waals surface area contributed by atoms with Crippen molar-refractivity contribution in [3.05, 3.63) is 42.5 Å². The Morgan fingerprint density at radius 1 is 1.19 bits per heavy atom. The van der Waals surface area contributed by atoms with Gasteiger partial charge in [0.05, 0.1) is 17.2 Å². The Balaban J connectivity index is 1.79. The number of nitrogens with zero attached hydrogens (tertiary/aromatic N) is 1. The molecule has 2 amide bonds. The van der Waals surface area contributed by atoms with Gasteiger partial charge in [-0.3, -0.25) is 14.5 Å². The van der Waals surface area contributed by atoms with E-state index >= 15 is 0 Å². The molecule has 0 saturated carbocycles. The molecule has 0 spiro atoms. The molecule has 1 aliphatic rings. The summed E-state index contributed by atoms with van der Waals surface area (Å²) in [5, 5.41) is 2.72. The molecule has 0 aromatic heterocycles. The molecule has 10 heteroatoms. The van der Waals surface area contributed by atoms with Gasteiger partial charge in [-0.05, 0) is 63.2 Å². The summed E-state index contributed by atoms with van der Waals surface area (Å²) in [6, 6.07) is 10.8. The van der Waals surface area contributed by atoms with E-state index < -0.39 is 21.8 Å². The average molecular weight is 448 g/mol. The molecule has 2 N–H and O–H groups in total. The number of hydrogen-bond acceptors (Lipinski definition) is 6. The number of benzene rings is 2. The van der Waals surface area contributed by atoms with Crippen molar-refractivity contribution in [2.75, 3.05) is 30.0 Å². The first-order chi connectivity index (χ1) is 14.7. The van der Waals surface area contributed by atoms with Crippen LogP contribution < -0.4 is 24.4 Å². The first-order valence-electron chi connectivity index (χ1n) is 9.82. The van der Waals surface area contributed by atoms with Crippen molar-refractivity contribution in [2.45, 2.75) is 31.7 Å². The lowest BCUT2D eigenvalue weighted by molar-refractivity contribution is -0.123. The van der Waals surface area contributed by atoms with Gasteiger partial charge in [0, 0.05) is 11.7 Å². The van der Waals surface area contributed by atoms with Gasteiger partial charge < -0.3 is 14.8 Å². The van der Waals surface area contributed by atoms with E-state index in [1.165, 1.54) is 23.1 Å². The van der Waals surface area contributed by atoms with Gasteiger partial charge in [-0.1, -0.05) is 0 Å². The van der Waals surface area contributed by atoms with Crippen LogP contribution in [0.25, 0.3) is 0 Å². The van der Waals surface area contributed by atoms with Crippen LogP contribution in [0.1, 0.15) is 20.8 Å². The predicted molar refractivity (Wildman–Crippen MR) is 116 cm³/mol. The molecule has 9 nitrogen and oxygen atoms in total. The molecular weight excluding hydrogens is 422 g/mol. The molecule has 2 aromatic rings.